The van der Waals surface area contributed by atoms with E-state index in [2.05, 4.69) is 10.1 Å². The lowest BCUT2D eigenvalue weighted by atomic mass is 9.97. The number of ether oxygens (including phenoxy) is 2. The summed E-state index contributed by atoms with van der Waals surface area (Å²) in [6.45, 7) is 0.487. The molecule has 1 fully saturated rings. The summed E-state index contributed by atoms with van der Waals surface area (Å²) in [5, 5.41) is 6.19. The molecule has 1 saturated heterocycles. The van der Waals surface area contributed by atoms with Gasteiger partial charge in [-0.1, -0.05) is 12.1 Å². The molecule has 1 amide bonds. The van der Waals surface area contributed by atoms with Crippen molar-refractivity contribution in [3.8, 4) is 0 Å². The van der Waals surface area contributed by atoms with Gasteiger partial charge in [-0.15, -0.1) is 11.3 Å². The van der Waals surface area contributed by atoms with E-state index in [1.807, 2.05) is 5.38 Å². The second kappa shape index (κ2) is 10.8. The summed E-state index contributed by atoms with van der Waals surface area (Å²) in [5.41, 5.74) is 0.314. The quantitative estimate of drug-likeness (QED) is 0.385. The number of nitrogens with zero attached hydrogens (tertiary/aromatic N) is 4. The van der Waals surface area contributed by atoms with Gasteiger partial charge in [0.25, 0.3) is 12.9 Å². The Balaban J connectivity index is 1.17. The predicted molar refractivity (Wildman–Crippen MR) is 122 cm³/mol. The molecule has 0 radical (unpaired) electrons. The zero-order valence-corrected chi connectivity index (χ0v) is 20.3. The number of thiazole rings is 1. The minimum atomic E-state index is -3.02. The highest BCUT2D eigenvalue weighted by molar-refractivity contribution is 7.09. The molecule has 37 heavy (non-hydrogen) atoms. The Morgan fingerprint density at radius 3 is 2.59 bits per heavy atom. The molecule has 0 saturated carbocycles. The van der Waals surface area contributed by atoms with Crippen LogP contribution >= 0.6 is 11.3 Å². The fraction of sp³-hybridized carbons (Fsp3) is 0.458. The monoisotopic (exact) mass is 542 g/mol. The maximum atomic E-state index is 14.1. The predicted octanol–water partition coefficient (Wildman–Crippen LogP) is 5.51. The van der Waals surface area contributed by atoms with Crippen molar-refractivity contribution in [1.29, 1.82) is 0 Å². The van der Waals surface area contributed by atoms with E-state index in [0.29, 0.717) is 47.9 Å². The van der Waals surface area contributed by atoms with Crippen LogP contribution in [0.1, 0.15) is 71.1 Å². The Kier molecular flexibility index (Phi) is 7.54. The van der Waals surface area contributed by atoms with Gasteiger partial charge in [0.2, 0.25) is 12.2 Å². The molecule has 2 aliphatic heterocycles. The van der Waals surface area contributed by atoms with Crippen LogP contribution in [0.2, 0.25) is 0 Å². The molecule has 2 aliphatic rings. The van der Waals surface area contributed by atoms with Crippen LogP contribution in [0.15, 0.2) is 29.6 Å². The number of aromatic nitrogens is 3. The second-order valence-corrected chi connectivity index (χ2v) is 9.74. The van der Waals surface area contributed by atoms with Gasteiger partial charge < -0.3 is 14.4 Å². The van der Waals surface area contributed by atoms with Crippen LogP contribution in [0.4, 0.5) is 22.0 Å². The maximum Gasteiger partial charge on any atom is 0.282 e. The summed E-state index contributed by atoms with van der Waals surface area (Å²) in [4.78, 5) is 18.9. The summed E-state index contributed by atoms with van der Waals surface area (Å²) in [5.74, 6) is -0.722. The number of hydrogen-bond donors (Lipinski definition) is 0. The lowest BCUT2D eigenvalue weighted by Crippen LogP contribution is -2.40. The fourth-order valence-electron chi connectivity index (χ4n) is 4.50. The van der Waals surface area contributed by atoms with E-state index in [1.54, 1.807) is 12.1 Å². The largest absolute Gasteiger partial charge is 0.342 e. The third-order valence-corrected chi connectivity index (χ3v) is 7.55. The Hall–Kier alpha value is -2.90. The molecule has 1 unspecified atom stereocenters. The van der Waals surface area contributed by atoms with Crippen molar-refractivity contribution in [2.75, 3.05) is 13.1 Å². The molecule has 0 N–H and O–H groups in total. The number of piperidine rings is 1. The van der Waals surface area contributed by atoms with Crippen LogP contribution in [-0.2, 0) is 34.0 Å². The fourth-order valence-corrected chi connectivity index (χ4v) is 5.50. The molecular weight excluding hydrogens is 519 g/mol. The molecule has 198 valence electrons. The zero-order valence-electron chi connectivity index (χ0n) is 19.5. The highest BCUT2D eigenvalue weighted by Crippen LogP contribution is 2.35. The van der Waals surface area contributed by atoms with Gasteiger partial charge in [-0.3, -0.25) is 9.48 Å². The van der Waals surface area contributed by atoms with Crippen LogP contribution < -0.4 is 0 Å². The number of benzene rings is 1. The van der Waals surface area contributed by atoms with Gasteiger partial charge in [0.15, 0.2) is 0 Å². The van der Waals surface area contributed by atoms with Crippen LogP contribution in [-0.4, -0.2) is 38.7 Å². The van der Waals surface area contributed by atoms with Crippen LogP contribution in [0, 0.1) is 5.82 Å². The summed E-state index contributed by atoms with van der Waals surface area (Å²) in [6.07, 6.45) is -5.55. The lowest BCUT2D eigenvalue weighted by molar-refractivity contribution is -0.155. The number of amides is 1. The molecule has 0 spiro atoms. The highest BCUT2D eigenvalue weighted by Gasteiger charge is 2.29. The van der Waals surface area contributed by atoms with Gasteiger partial charge in [-0.25, -0.2) is 26.9 Å². The molecule has 2 aromatic heterocycles. The van der Waals surface area contributed by atoms with E-state index in [9.17, 15) is 26.7 Å². The highest BCUT2D eigenvalue weighted by atomic mass is 32.1. The number of rotatable bonds is 6. The van der Waals surface area contributed by atoms with Crippen molar-refractivity contribution < 1.29 is 36.2 Å². The molecule has 7 nitrogen and oxygen atoms in total. The minimum absolute atomic E-state index is 0.0718. The normalized spacial score (nSPS) is 18.9. The van der Waals surface area contributed by atoms with Crippen molar-refractivity contribution >= 4 is 17.2 Å². The first-order valence-corrected chi connectivity index (χ1v) is 12.5. The smallest absolute Gasteiger partial charge is 0.282 e. The molecule has 5 rings (SSSR count). The molecule has 1 atom stereocenters. The number of halogens is 5. The zero-order chi connectivity index (χ0) is 26.1. The number of fused-ring (bicyclic) bond motifs is 1. The second-order valence-electron chi connectivity index (χ2n) is 8.85. The molecular formula is C24H23F5N4O3S. The molecule has 3 aromatic rings. The van der Waals surface area contributed by atoms with Crippen molar-refractivity contribution in [3.05, 3.63) is 68.7 Å². The molecule has 13 heteroatoms. The first-order valence-electron chi connectivity index (χ1n) is 11.7. The van der Waals surface area contributed by atoms with E-state index >= 15 is 0 Å². The van der Waals surface area contributed by atoms with Crippen molar-refractivity contribution in [2.24, 2.45) is 0 Å². The molecule has 0 aliphatic carbocycles. The summed E-state index contributed by atoms with van der Waals surface area (Å²) < 4.78 is 78.5. The number of carbonyl (C=O) groups is 1. The molecule has 1 aromatic carbocycles. The minimum Gasteiger partial charge on any atom is -0.342 e. The number of carbonyl (C=O) groups excluding carboxylic acids is 1. The van der Waals surface area contributed by atoms with Gasteiger partial charge in [0.1, 0.15) is 29.4 Å². The average Bonchev–Trinajstić information content (AvgIpc) is 3.48. The Bertz CT molecular complexity index is 1260. The Labute approximate surface area is 212 Å². The standard InChI is InChI=1S/C24H23F5N4O3S/c25-16-3-1-2-14-10-35-24(36-11-15(14)16)18-12-37-23(30-18)13-4-6-32(7-5-13)20(34)9-33-19(22(28)29)8-17(31-33)21(26)27/h1-3,8,12-13,21-22,24H,4-7,9-11H2. The van der Waals surface area contributed by atoms with E-state index in [0.717, 1.165) is 10.6 Å². The first-order chi connectivity index (χ1) is 17.8. The third kappa shape index (κ3) is 5.53. The Morgan fingerprint density at radius 1 is 1.11 bits per heavy atom. The van der Waals surface area contributed by atoms with Gasteiger partial charge in [-0.05, 0) is 30.5 Å². The SMILES string of the molecule is O=C(Cn1nc(C(F)F)cc1C(F)F)N1CCC(c2nc(C3OCc4cccc(F)c4CO3)cs2)CC1. The summed E-state index contributed by atoms with van der Waals surface area (Å²) >= 11 is 1.45. The van der Waals surface area contributed by atoms with Crippen molar-refractivity contribution in [1.82, 2.24) is 19.7 Å². The van der Waals surface area contributed by atoms with E-state index in [4.69, 9.17) is 9.47 Å². The topological polar surface area (TPSA) is 69.5 Å². The third-order valence-electron chi connectivity index (χ3n) is 6.53. The molecule has 0 bridgehead atoms. The number of likely N-dealkylation sites (tertiary alicyclic amines) is 1. The van der Waals surface area contributed by atoms with Crippen LogP contribution in [0.25, 0.3) is 0 Å². The summed E-state index contributed by atoms with van der Waals surface area (Å²) in [7, 11) is 0. The first kappa shape index (κ1) is 25.7. The lowest BCUT2D eigenvalue weighted by Gasteiger charge is -2.31. The van der Waals surface area contributed by atoms with Gasteiger partial charge >= 0.3 is 0 Å². The number of hydrogen-bond acceptors (Lipinski definition) is 6. The van der Waals surface area contributed by atoms with E-state index in [-0.39, 0.29) is 24.9 Å². The average molecular weight is 543 g/mol. The maximum absolute atomic E-state index is 14.1. The van der Waals surface area contributed by atoms with E-state index < -0.39 is 43.0 Å². The van der Waals surface area contributed by atoms with E-state index in [1.165, 1.54) is 22.3 Å². The van der Waals surface area contributed by atoms with Crippen LogP contribution in [0.3, 0.4) is 0 Å². The summed E-state index contributed by atoms with van der Waals surface area (Å²) in [6, 6.07) is 5.44. The number of alkyl halides is 4. The van der Waals surface area contributed by atoms with Crippen LogP contribution in [0.5, 0.6) is 0 Å². The Morgan fingerprint density at radius 2 is 1.86 bits per heavy atom. The van der Waals surface area contributed by atoms with Crippen molar-refractivity contribution in [3.63, 3.8) is 0 Å². The molecule has 4 heterocycles. The van der Waals surface area contributed by atoms with Crippen molar-refractivity contribution in [2.45, 2.75) is 57.7 Å². The van der Waals surface area contributed by atoms with Gasteiger partial charge in [-0.2, -0.15) is 5.10 Å². The van der Waals surface area contributed by atoms with Gasteiger partial charge in [0.05, 0.1) is 18.2 Å². The van der Waals surface area contributed by atoms with Gasteiger partial charge in [0, 0.05) is 30.0 Å².